The Morgan fingerprint density at radius 3 is 3.00 bits per heavy atom. The van der Waals surface area contributed by atoms with E-state index in [2.05, 4.69) is 13.8 Å². The summed E-state index contributed by atoms with van der Waals surface area (Å²) in [6.07, 6.45) is 2.58. The lowest BCUT2D eigenvalue weighted by molar-refractivity contribution is 0.102. The Balaban J connectivity index is 2.18. The second kappa shape index (κ2) is 4.24. The Kier molecular flexibility index (Phi) is 3.57. The third-order valence-electron chi connectivity index (χ3n) is 1.86. The molecule has 1 heterocycles. The zero-order chi connectivity index (χ0) is 7.40. The molecule has 1 nitrogen and oxygen atoms in total. The van der Waals surface area contributed by atoms with E-state index in [0.29, 0.717) is 5.44 Å². The van der Waals surface area contributed by atoms with Crippen molar-refractivity contribution >= 4 is 11.8 Å². The van der Waals surface area contributed by atoms with Gasteiger partial charge in [0.1, 0.15) is 5.44 Å². The number of rotatable bonds is 3. The van der Waals surface area contributed by atoms with Gasteiger partial charge in [0.25, 0.3) is 0 Å². The van der Waals surface area contributed by atoms with Gasteiger partial charge >= 0.3 is 0 Å². The van der Waals surface area contributed by atoms with E-state index in [1.807, 2.05) is 11.8 Å². The maximum absolute atomic E-state index is 5.53. The molecule has 0 amide bonds. The van der Waals surface area contributed by atoms with E-state index < -0.39 is 0 Å². The van der Waals surface area contributed by atoms with Crippen molar-refractivity contribution in [3.8, 4) is 0 Å². The molecule has 0 aromatic heterocycles. The monoisotopic (exact) mass is 160 g/mol. The van der Waals surface area contributed by atoms with Crippen LogP contribution >= 0.6 is 11.8 Å². The van der Waals surface area contributed by atoms with Crippen molar-refractivity contribution in [3.63, 3.8) is 0 Å². The predicted molar refractivity (Wildman–Crippen MR) is 46.3 cm³/mol. The van der Waals surface area contributed by atoms with Crippen LogP contribution in [0.15, 0.2) is 0 Å². The molecule has 0 bridgehead atoms. The molecule has 1 saturated heterocycles. The SMILES string of the molecule is CCCC(C)C1OCCS1. The van der Waals surface area contributed by atoms with Gasteiger partial charge in [-0.25, -0.2) is 0 Å². The van der Waals surface area contributed by atoms with Gasteiger partial charge in [-0.2, -0.15) is 0 Å². The summed E-state index contributed by atoms with van der Waals surface area (Å²) in [6, 6.07) is 0. The molecule has 0 radical (unpaired) electrons. The van der Waals surface area contributed by atoms with Gasteiger partial charge in [-0.15, -0.1) is 11.8 Å². The number of thioether (sulfide) groups is 1. The van der Waals surface area contributed by atoms with Gasteiger partial charge in [0.15, 0.2) is 0 Å². The van der Waals surface area contributed by atoms with Gasteiger partial charge in [-0.3, -0.25) is 0 Å². The fourth-order valence-corrected chi connectivity index (χ4v) is 2.38. The molecule has 1 aliphatic heterocycles. The topological polar surface area (TPSA) is 9.23 Å². The van der Waals surface area contributed by atoms with E-state index in [0.717, 1.165) is 12.5 Å². The molecule has 0 saturated carbocycles. The second-order valence-corrected chi connectivity index (χ2v) is 4.08. The van der Waals surface area contributed by atoms with Crippen LogP contribution in [0, 0.1) is 5.92 Å². The molecular weight excluding hydrogens is 144 g/mol. The highest BCUT2D eigenvalue weighted by atomic mass is 32.2. The van der Waals surface area contributed by atoms with Crippen LogP contribution in [0.25, 0.3) is 0 Å². The van der Waals surface area contributed by atoms with E-state index in [-0.39, 0.29) is 0 Å². The van der Waals surface area contributed by atoms with Crippen molar-refractivity contribution in [2.45, 2.75) is 32.1 Å². The molecule has 1 aliphatic rings. The van der Waals surface area contributed by atoms with Crippen LogP contribution in [-0.2, 0) is 4.74 Å². The molecule has 60 valence electrons. The molecule has 10 heavy (non-hydrogen) atoms. The first kappa shape index (κ1) is 8.41. The lowest BCUT2D eigenvalue weighted by atomic mass is 10.1. The lowest BCUT2D eigenvalue weighted by Gasteiger charge is -2.16. The van der Waals surface area contributed by atoms with Crippen LogP contribution in [0.1, 0.15) is 26.7 Å². The van der Waals surface area contributed by atoms with Gasteiger partial charge in [0.2, 0.25) is 0 Å². The van der Waals surface area contributed by atoms with Crippen LogP contribution in [-0.4, -0.2) is 17.8 Å². The zero-order valence-corrected chi connectivity index (χ0v) is 7.62. The van der Waals surface area contributed by atoms with Crippen LogP contribution in [0.3, 0.4) is 0 Å². The molecule has 0 N–H and O–H groups in total. The summed E-state index contributed by atoms with van der Waals surface area (Å²) in [5, 5.41) is 0. The smallest absolute Gasteiger partial charge is 0.105 e. The normalized spacial score (nSPS) is 28.8. The molecule has 2 heteroatoms. The standard InChI is InChI=1S/C8H16OS/c1-3-4-7(2)8-9-5-6-10-8/h7-8H,3-6H2,1-2H3. The molecular formula is C8H16OS. The van der Waals surface area contributed by atoms with Crippen LogP contribution in [0.4, 0.5) is 0 Å². The summed E-state index contributed by atoms with van der Waals surface area (Å²) in [7, 11) is 0. The zero-order valence-electron chi connectivity index (χ0n) is 6.80. The second-order valence-electron chi connectivity index (χ2n) is 2.88. The average Bonchev–Trinajstić information content (AvgIpc) is 2.38. The lowest BCUT2D eigenvalue weighted by Crippen LogP contribution is -2.12. The largest absolute Gasteiger partial charge is 0.366 e. The Bertz CT molecular complexity index is 89.3. The first-order valence-electron chi connectivity index (χ1n) is 4.07. The van der Waals surface area contributed by atoms with Crippen molar-refractivity contribution in [2.75, 3.05) is 12.4 Å². The van der Waals surface area contributed by atoms with E-state index in [1.54, 1.807) is 0 Å². The molecule has 1 rings (SSSR count). The highest BCUT2D eigenvalue weighted by molar-refractivity contribution is 8.00. The van der Waals surface area contributed by atoms with E-state index in [9.17, 15) is 0 Å². The molecule has 0 aromatic rings. The predicted octanol–water partition coefficient (Wildman–Crippen LogP) is 2.51. The van der Waals surface area contributed by atoms with Gasteiger partial charge in [-0.05, 0) is 12.3 Å². The average molecular weight is 160 g/mol. The van der Waals surface area contributed by atoms with Gasteiger partial charge in [0.05, 0.1) is 6.61 Å². The number of ether oxygens (including phenoxy) is 1. The van der Waals surface area contributed by atoms with Crippen molar-refractivity contribution < 1.29 is 4.74 Å². The van der Waals surface area contributed by atoms with Crippen LogP contribution in [0.5, 0.6) is 0 Å². The van der Waals surface area contributed by atoms with Crippen molar-refractivity contribution in [1.29, 1.82) is 0 Å². The van der Waals surface area contributed by atoms with E-state index >= 15 is 0 Å². The maximum atomic E-state index is 5.53. The molecule has 0 aromatic carbocycles. The summed E-state index contributed by atoms with van der Waals surface area (Å²) in [5.41, 5.74) is 0.500. The maximum Gasteiger partial charge on any atom is 0.105 e. The molecule has 0 aliphatic carbocycles. The fourth-order valence-electron chi connectivity index (χ4n) is 1.30. The van der Waals surface area contributed by atoms with Crippen LogP contribution < -0.4 is 0 Å². The van der Waals surface area contributed by atoms with E-state index in [4.69, 9.17) is 4.74 Å². The Hall–Kier alpha value is 0.310. The fraction of sp³-hybridized carbons (Fsp3) is 1.00. The molecule has 0 spiro atoms. The Morgan fingerprint density at radius 2 is 2.50 bits per heavy atom. The van der Waals surface area contributed by atoms with E-state index in [1.165, 1.54) is 18.6 Å². The first-order valence-corrected chi connectivity index (χ1v) is 5.12. The quantitative estimate of drug-likeness (QED) is 0.627. The van der Waals surface area contributed by atoms with Crippen molar-refractivity contribution in [2.24, 2.45) is 5.92 Å². The summed E-state index contributed by atoms with van der Waals surface area (Å²) in [4.78, 5) is 0. The minimum Gasteiger partial charge on any atom is -0.366 e. The van der Waals surface area contributed by atoms with Gasteiger partial charge < -0.3 is 4.74 Å². The third kappa shape index (κ3) is 2.17. The Morgan fingerprint density at radius 1 is 1.70 bits per heavy atom. The molecule has 2 atom stereocenters. The minimum atomic E-state index is 0.500. The first-order chi connectivity index (χ1) is 4.84. The summed E-state index contributed by atoms with van der Waals surface area (Å²) >= 11 is 1.97. The highest BCUT2D eigenvalue weighted by Crippen LogP contribution is 2.28. The van der Waals surface area contributed by atoms with Crippen molar-refractivity contribution in [3.05, 3.63) is 0 Å². The van der Waals surface area contributed by atoms with Gasteiger partial charge in [0, 0.05) is 5.75 Å². The number of hydrogen-bond acceptors (Lipinski definition) is 2. The molecule has 2 unspecified atom stereocenters. The summed E-state index contributed by atoms with van der Waals surface area (Å²) < 4.78 is 5.53. The summed E-state index contributed by atoms with van der Waals surface area (Å²) in [5.74, 6) is 1.94. The summed E-state index contributed by atoms with van der Waals surface area (Å²) in [6.45, 7) is 5.48. The highest BCUT2D eigenvalue weighted by Gasteiger charge is 2.21. The van der Waals surface area contributed by atoms with Gasteiger partial charge in [-0.1, -0.05) is 20.3 Å². The number of hydrogen-bond donors (Lipinski definition) is 0. The van der Waals surface area contributed by atoms with Crippen LogP contribution in [0.2, 0.25) is 0 Å². The Labute approximate surface area is 67.5 Å². The third-order valence-corrected chi connectivity index (χ3v) is 3.19. The minimum absolute atomic E-state index is 0.500. The van der Waals surface area contributed by atoms with Crippen molar-refractivity contribution in [1.82, 2.24) is 0 Å². The molecule has 1 fully saturated rings.